The molecule has 2 heterocycles. The van der Waals surface area contributed by atoms with Gasteiger partial charge >= 0.3 is 5.97 Å². The Morgan fingerprint density at radius 1 is 1.47 bits per heavy atom. The van der Waals surface area contributed by atoms with Crippen LogP contribution in [0.3, 0.4) is 0 Å². The number of thiophene rings is 2. The molecular weight excluding hydrogens is 254 g/mol. The first-order valence-electron chi connectivity index (χ1n) is 3.95. The Kier molecular flexibility index (Phi) is 2.68. The van der Waals surface area contributed by atoms with Crippen LogP contribution >= 0.6 is 34.3 Å². The van der Waals surface area contributed by atoms with Crippen molar-refractivity contribution in [2.24, 2.45) is 0 Å². The van der Waals surface area contributed by atoms with Crippen molar-refractivity contribution >= 4 is 45.2 Å². The van der Waals surface area contributed by atoms with Gasteiger partial charge in [0.15, 0.2) is 0 Å². The molecule has 0 aliphatic heterocycles. The molecule has 78 valence electrons. The maximum atomic E-state index is 11.0. The molecule has 0 saturated heterocycles. The van der Waals surface area contributed by atoms with Gasteiger partial charge in [-0.15, -0.1) is 22.7 Å². The van der Waals surface area contributed by atoms with Crippen molar-refractivity contribution in [1.82, 2.24) is 0 Å². The van der Waals surface area contributed by atoms with E-state index >= 15 is 0 Å². The van der Waals surface area contributed by atoms with Gasteiger partial charge in [0.2, 0.25) is 0 Å². The zero-order chi connectivity index (χ0) is 11.0. The Morgan fingerprint density at radius 3 is 2.73 bits per heavy atom. The van der Waals surface area contributed by atoms with Gasteiger partial charge in [0.1, 0.15) is 10.6 Å². The van der Waals surface area contributed by atoms with Gasteiger partial charge in [-0.25, -0.2) is 4.79 Å². The van der Waals surface area contributed by atoms with E-state index in [1.165, 1.54) is 22.7 Å². The van der Waals surface area contributed by atoms with Crippen LogP contribution in [0.1, 0.15) is 10.4 Å². The fourth-order valence-corrected chi connectivity index (χ4v) is 3.18. The molecule has 2 aromatic rings. The lowest BCUT2D eigenvalue weighted by Gasteiger charge is -1.96. The lowest BCUT2D eigenvalue weighted by atomic mass is 10.1. The highest BCUT2D eigenvalue weighted by molar-refractivity contribution is 7.20. The van der Waals surface area contributed by atoms with Crippen LogP contribution < -0.4 is 5.73 Å². The van der Waals surface area contributed by atoms with Crippen LogP contribution in [0.5, 0.6) is 0 Å². The molecule has 0 bridgehead atoms. The highest BCUT2D eigenvalue weighted by atomic mass is 35.5. The minimum Gasteiger partial charge on any atom is -0.478 e. The van der Waals surface area contributed by atoms with Crippen molar-refractivity contribution in [3.8, 4) is 10.4 Å². The van der Waals surface area contributed by atoms with E-state index in [9.17, 15) is 4.79 Å². The van der Waals surface area contributed by atoms with Crippen molar-refractivity contribution < 1.29 is 9.90 Å². The number of carboxylic acid groups (broad SMARTS) is 1. The topological polar surface area (TPSA) is 63.3 Å². The van der Waals surface area contributed by atoms with Crippen LogP contribution in [-0.2, 0) is 0 Å². The summed E-state index contributed by atoms with van der Waals surface area (Å²) in [5.74, 6) is -1.01. The molecule has 0 aliphatic rings. The molecular formula is C9H6ClNO2S2. The summed E-state index contributed by atoms with van der Waals surface area (Å²) >= 11 is 8.36. The highest BCUT2D eigenvalue weighted by Gasteiger charge is 2.18. The summed E-state index contributed by atoms with van der Waals surface area (Å²) in [5.41, 5.74) is 6.40. The van der Waals surface area contributed by atoms with Gasteiger partial charge in [0.25, 0.3) is 0 Å². The summed E-state index contributed by atoms with van der Waals surface area (Å²) in [6, 6.07) is 3.53. The molecule has 0 saturated carbocycles. The molecule has 6 heteroatoms. The number of nitrogen functional groups attached to an aromatic ring is 1. The second-order valence-electron chi connectivity index (χ2n) is 2.80. The van der Waals surface area contributed by atoms with Crippen molar-refractivity contribution in [2.45, 2.75) is 0 Å². The Labute approximate surface area is 98.7 Å². The molecule has 15 heavy (non-hydrogen) atoms. The average molecular weight is 260 g/mol. The molecule has 0 aliphatic carbocycles. The zero-order valence-electron chi connectivity index (χ0n) is 7.36. The predicted molar refractivity (Wildman–Crippen MR) is 64.0 cm³/mol. The molecule has 0 spiro atoms. The van der Waals surface area contributed by atoms with Crippen LogP contribution in [0.2, 0.25) is 4.34 Å². The van der Waals surface area contributed by atoms with Crippen molar-refractivity contribution in [1.29, 1.82) is 0 Å². The first kappa shape index (κ1) is 10.5. The highest BCUT2D eigenvalue weighted by Crippen LogP contribution is 2.38. The van der Waals surface area contributed by atoms with Gasteiger partial charge in [-0.1, -0.05) is 11.6 Å². The SMILES string of the molecule is Nc1scc(-c2ccc(Cl)s2)c1C(=O)O. The number of nitrogens with two attached hydrogens (primary N) is 1. The average Bonchev–Trinajstić information content (AvgIpc) is 2.71. The molecule has 0 radical (unpaired) electrons. The fourth-order valence-electron chi connectivity index (χ4n) is 1.23. The third-order valence-electron chi connectivity index (χ3n) is 1.87. The molecule has 2 aromatic heterocycles. The maximum Gasteiger partial charge on any atom is 0.339 e. The number of carbonyl (C=O) groups is 1. The van der Waals surface area contributed by atoms with E-state index in [1.807, 2.05) is 0 Å². The summed E-state index contributed by atoms with van der Waals surface area (Å²) in [4.78, 5) is 11.8. The normalized spacial score (nSPS) is 10.5. The largest absolute Gasteiger partial charge is 0.478 e. The van der Waals surface area contributed by atoms with Gasteiger partial charge in [0.05, 0.1) is 4.34 Å². The summed E-state index contributed by atoms with van der Waals surface area (Å²) < 4.78 is 0.631. The van der Waals surface area contributed by atoms with Gasteiger partial charge < -0.3 is 10.8 Å². The molecule has 0 aromatic carbocycles. The second kappa shape index (κ2) is 3.84. The fraction of sp³-hybridized carbons (Fsp3) is 0. The van der Waals surface area contributed by atoms with E-state index in [-0.39, 0.29) is 5.56 Å². The second-order valence-corrected chi connectivity index (χ2v) is 5.42. The van der Waals surface area contributed by atoms with Crippen LogP contribution in [0, 0.1) is 0 Å². The van der Waals surface area contributed by atoms with Crippen LogP contribution in [0.25, 0.3) is 10.4 Å². The number of rotatable bonds is 2. The Hall–Kier alpha value is -1.04. The van der Waals surface area contributed by atoms with Crippen molar-refractivity contribution in [3.05, 3.63) is 27.4 Å². The molecule has 0 unspecified atom stereocenters. The van der Waals surface area contributed by atoms with Crippen molar-refractivity contribution in [2.75, 3.05) is 5.73 Å². The third kappa shape index (κ3) is 1.86. The minimum atomic E-state index is -1.01. The molecule has 0 amide bonds. The maximum absolute atomic E-state index is 11.0. The first-order valence-corrected chi connectivity index (χ1v) is 6.03. The molecule has 2 rings (SSSR count). The standard InChI is InChI=1S/C9H6ClNO2S2/c10-6-2-1-5(15-6)4-3-14-8(11)7(4)9(12)13/h1-3H,11H2,(H,12,13). The van der Waals surface area contributed by atoms with E-state index in [4.69, 9.17) is 22.4 Å². The lowest BCUT2D eigenvalue weighted by Crippen LogP contribution is -1.99. The lowest BCUT2D eigenvalue weighted by molar-refractivity contribution is 0.0699. The van der Waals surface area contributed by atoms with E-state index in [0.29, 0.717) is 14.9 Å². The van der Waals surface area contributed by atoms with E-state index in [0.717, 1.165) is 4.88 Å². The third-order valence-corrected chi connectivity index (χ3v) is 3.95. The van der Waals surface area contributed by atoms with Crippen LogP contribution in [-0.4, -0.2) is 11.1 Å². The predicted octanol–water partition coefficient (Wildman–Crippen LogP) is 3.41. The number of hydrogen-bond acceptors (Lipinski definition) is 4. The Bertz CT molecular complexity index is 518. The Morgan fingerprint density at radius 2 is 2.20 bits per heavy atom. The number of aromatic carboxylic acids is 1. The first-order chi connectivity index (χ1) is 7.09. The summed E-state index contributed by atoms with van der Waals surface area (Å²) in [6.07, 6.45) is 0. The quantitative estimate of drug-likeness (QED) is 0.869. The van der Waals surface area contributed by atoms with E-state index < -0.39 is 5.97 Å². The summed E-state index contributed by atoms with van der Waals surface area (Å²) in [6.45, 7) is 0. The number of halogens is 1. The van der Waals surface area contributed by atoms with Crippen molar-refractivity contribution in [3.63, 3.8) is 0 Å². The van der Waals surface area contributed by atoms with Crippen LogP contribution in [0.15, 0.2) is 17.5 Å². The molecule has 0 fully saturated rings. The monoisotopic (exact) mass is 259 g/mol. The van der Waals surface area contributed by atoms with Gasteiger partial charge in [-0.2, -0.15) is 0 Å². The van der Waals surface area contributed by atoms with E-state index in [2.05, 4.69) is 0 Å². The number of hydrogen-bond donors (Lipinski definition) is 2. The zero-order valence-corrected chi connectivity index (χ0v) is 9.75. The smallest absolute Gasteiger partial charge is 0.339 e. The van der Waals surface area contributed by atoms with Gasteiger partial charge in [0, 0.05) is 15.8 Å². The molecule has 3 nitrogen and oxygen atoms in total. The van der Waals surface area contributed by atoms with E-state index in [1.54, 1.807) is 17.5 Å². The summed E-state index contributed by atoms with van der Waals surface area (Å²) in [7, 11) is 0. The Balaban J connectivity index is 2.58. The molecule has 3 N–H and O–H groups in total. The van der Waals surface area contributed by atoms with Gasteiger partial charge in [-0.05, 0) is 12.1 Å². The number of carboxylic acids is 1. The molecule has 0 atom stereocenters. The van der Waals surface area contributed by atoms with Gasteiger partial charge in [-0.3, -0.25) is 0 Å². The van der Waals surface area contributed by atoms with Crippen LogP contribution in [0.4, 0.5) is 5.00 Å². The summed E-state index contributed by atoms with van der Waals surface area (Å²) in [5, 5.41) is 11.1. The number of anilines is 1. The minimum absolute atomic E-state index is 0.165.